The number of nitrogens with one attached hydrogen (secondary N) is 1. The van der Waals surface area contributed by atoms with E-state index in [0.717, 1.165) is 25.2 Å². The van der Waals surface area contributed by atoms with Crippen LogP contribution in [-0.2, 0) is 17.7 Å². The Morgan fingerprint density at radius 2 is 2.00 bits per heavy atom. The number of aromatic nitrogens is 2. The monoisotopic (exact) mass is 513 g/mol. The van der Waals surface area contributed by atoms with Crippen molar-refractivity contribution in [2.24, 2.45) is 0 Å². The molecule has 2 aliphatic heterocycles. The number of amides is 1. The van der Waals surface area contributed by atoms with Crippen molar-refractivity contribution in [3.63, 3.8) is 0 Å². The van der Waals surface area contributed by atoms with Crippen LogP contribution in [0.25, 0.3) is 0 Å². The van der Waals surface area contributed by atoms with Gasteiger partial charge in [-0.15, -0.1) is 0 Å². The van der Waals surface area contributed by atoms with E-state index in [9.17, 15) is 4.79 Å². The summed E-state index contributed by atoms with van der Waals surface area (Å²) < 4.78 is 11.0. The number of para-hydroxylation sites is 1. The molecular weight excluding hydrogens is 489 g/mol. The molecule has 0 bridgehead atoms. The Labute approximate surface area is 213 Å². The molecule has 1 amide bonds. The molecule has 1 atom stereocenters. The van der Waals surface area contributed by atoms with Gasteiger partial charge in [0.05, 0.1) is 22.3 Å². The average Bonchev–Trinajstić information content (AvgIpc) is 2.84. The number of rotatable bonds is 6. The van der Waals surface area contributed by atoms with Crippen LogP contribution >= 0.6 is 23.2 Å². The van der Waals surface area contributed by atoms with Crippen LogP contribution < -0.4 is 15.0 Å². The first-order chi connectivity index (χ1) is 16.9. The van der Waals surface area contributed by atoms with Gasteiger partial charge in [-0.2, -0.15) is 4.98 Å². The summed E-state index contributed by atoms with van der Waals surface area (Å²) in [4.78, 5) is 25.7. The number of fused-ring (bicyclic) bond motifs is 2. The molecule has 10 heteroatoms. The summed E-state index contributed by atoms with van der Waals surface area (Å²) >= 11 is 12.6. The molecule has 0 saturated heterocycles. The Hall–Kier alpha value is -2.91. The van der Waals surface area contributed by atoms with Gasteiger partial charge in [-0.25, -0.2) is 4.98 Å². The molecule has 2 aliphatic rings. The molecule has 1 N–H and O–H groups in total. The van der Waals surface area contributed by atoms with Crippen LogP contribution in [0.2, 0.25) is 10.0 Å². The maximum absolute atomic E-state index is 13.1. The summed E-state index contributed by atoms with van der Waals surface area (Å²) in [5.74, 6) is 0.234. The van der Waals surface area contributed by atoms with Gasteiger partial charge in [-0.1, -0.05) is 35.3 Å². The van der Waals surface area contributed by atoms with Crippen LogP contribution in [-0.4, -0.2) is 53.8 Å². The van der Waals surface area contributed by atoms with E-state index < -0.39 is 0 Å². The molecular formula is C25H25Cl2N5O3. The van der Waals surface area contributed by atoms with Crippen LogP contribution in [0.1, 0.15) is 28.4 Å². The first-order valence-electron chi connectivity index (χ1n) is 11.3. The van der Waals surface area contributed by atoms with E-state index in [0.29, 0.717) is 34.3 Å². The van der Waals surface area contributed by atoms with Gasteiger partial charge in [0.2, 0.25) is 11.8 Å². The van der Waals surface area contributed by atoms with Gasteiger partial charge < -0.3 is 14.8 Å². The Bertz CT molecular complexity index is 1250. The summed E-state index contributed by atoms with van der Waals surface area (Å²) in [7, 11) is 1.73. The maximum Gasteiger partial charge on any atom is 0.268 e. The number of anilines is 3. The lowest BCUT2D eigenvalue weighted by Gasteiger charge is -2.35. The van der Waals surface area contributed by atoms with Crippen molar-refractivity contribution in [3.05, 3.63) is 69.3 Å². The zero-order valence-corrected chi connectivity index (χ0v) is 20.9. The first kappa shape index (κ1) is 23.8. The molecule has 2 aromatic carbocycles. The molecule has 1 aromatic heterocycles. The molecule has 8 nitrogen and oxygen atoms in total. The quantitative estimate of drug-likeness (QED) is 0.501. The third kappa shape index (κ3) is 4.79. The molecule has 0 aliphatic carbocycles. The van der Waals surface area contributed by atoms with Gasteiger partial charge in [0.1, 0.15) is 5.56 Å². The molecule has 0 saturated carbocycles. The minimum atomic E-state index is -0.327. The molecule has 182 valence electrons. The van der Waals surface area contributed by atoms with Crippen molar-refractivity contribution in [3.8, 4) is 5.88 Å². The Kier molecular flexibility index (Phi) is 6.80. The Morgan fingerprint density at radius 3 is 2.77 bits per heavy atom. The molecule has 0 fully saturated rings. The highest BCUT2D eigenvalue weighted by molar-refractivity contribution is 6.40. The van der Waals surface area contributed by atoms with Gasteiger partial charge in [0.25, 0.3) is 5.91 Å². The van der Waals surface area contributed by atoms with Gasteiger partial charge in [0.15, 0.2) is 6.73 Å². The summed E-state index contributed by atoms with van der Waals surface area (Å²) in [6.07, 6.45) is 2.45. The molecule has 3 heterocycles. The standard InChI is InChI=1S/C25H25Cl2N5O3/c1-15-10-16-6-7-18(11-17(16)13-31(15)8-9-34-2)29-25-28-12-19-23(30-25)35-14-32(24(19)33)22-20(26)4-3-5-21(22)27/h3-7,11-12,15H,8-10,13-14H2,1-2H3,(H,28,29,30). The number of carbonyl (C=O) groups excluding carboxylic acids is 1. The van der Waals surface area contributed by atoms with Crippen LogP contribution in [0.15, 0.2) is 42.6 Å². The highest BCUT2D eigenvalue weighted by atomic mass is 35.5. The maximum atomic E-state index is 13.1. The second kappa shape index (κ2) is 9.99. The van der Waals surface area contributed by atoms with Crippen molar-refractivity contribution in [2.75, 3.05) is 37.2 Å². The van der Waals surface area contributed by atoms with E-state index in [2.05, 4.69) is 39.2 Å². The van der Waals surface area contributed by atoms with Crippen molar-refractivity contribution in [1.82, 2.24) is 14.9 Å². The lowest BCUT2D eigenvalue weighted by molar-refractivity contribution is 0.0932. The number of benzene rings is 2. The van der Waals surface area contributed by atoms with Crippen molar-refractivity contribution in [1.29, 1.82) is 0 Å². The molecule has 5 rings (SSSR count). The van der Waals surface area contributed by atoms with Crippen LogP contribution in [0.4, 0.5) is 17.3 Å². The lowest BCUT2D eigenvalue weighted by Crippen LogP contribution is -2.40. The molecule has 1 unspecified atom stereocenters. The van der Waals surface area contributed by atoms with E-state index in [1.165, 1.54) is 22.2 Å². The van der Waals surface area contributed by atoms with Crippen LogP contribution in [0, 0.1) is 0 Å². The number of hydrogen-bond acceptors (Lipinski definition) is 7. The number of methoxy groups -OCH3 is 1. The first-order valence-corrected chi connectivity index (χ1v) is 12.1. The van der Waals surface area contributed by atoms with Crippen molar-refractivity contribution < 1.29 is 14.3 Å². The summed E-state index contributed by atoms with van der Waals surface area (Å²) in [6.45, 7) is 4.65. The Morgan fingerprint density at radius 1 is 1.20 bits per heavy atom. The van der Waals surface area contributed by atoms with E-state index in [1.807, 2.05) is 6.07 Å². The van der Waals surface area contributed by atoms with Crippen LogP contribution in [0.3, 0.4) is 0 Å². The largest absolute Gasteiger partial charge is 0.455 e. The zero-order chi connectivity index (χ0) is 24.5. The molecule has 3 aromatic rings. The fraction of sp³-hybridized carbons (Fsp3) is 0.320. The third-order valence-electron chi connectivity index (χ3n) is 6.32. The van der Waals surface area contributed by atoms with E-state index in [1.54, 1.807) is 25.3 Å². The molecule has 0 radical (unpaired) electrons. The topological polar surface area (TPSA) is 79.8 Å². The summed E-state index contributed by atoms with van der Waals surface area (Å²) in [5, 5.41) is 3.96. The number of ether oxygens (including phenoxy) is 2. The second-order valence-electron chi connectivity index (χ2n) is 8.61. The summed E-state index contributed by atoms with van der Waals surface area (Å²) in [5.41, 5.74) is 4.12. The molecule has 0 spiro atoms. The van der Waals surface area contributed by atoms with E-state index in [-0.39, 0.29) is 24.1 Å². The lowest BCUT2D eigenvalue weighted by atomic mass is 9.94. The number of nitrogens with zero attached hydrogens (tertiary/aromatic N) is 4. The highest BCUT2D eigenvalue weighted by Gasteiger charge is 2.31. The minimum Gasteiger partial charge on any atom is -0.455 e. The highest BCUT2D eigenvalue weighted by Crippen LogP contribution is 2.37. The second-order valence-corrected chi connectivity index (χ2v) is 9.43. The normalized spacial score (nSPS) is 17.5. The van der Waals surface area contributed by atoms with Crippen molar-refractivity contribution in [2.45, 2.75) is 25.9 Å². The van der Waals surface area contributed by atoms with Gasteiger partial charge in [-0.05, 0) is 48.7 Å². The van der Waals surface area contributed by atoms with Gasteiger partial charge in [-0.3, -0.25) is 14.6 Å². The average molecular weight is 514 g/mol. The van der Waals surface area contributed by atoms with E-state index >= 15 is 0 Å². The predicted octanol–water partition coefficient (Wildman–Crippen LogP) is 4.92. The van der Waals surface area contributed by atoms with Crippen molar-refractivity contribution >= 4 is 46.4 Å². The number of carbonyl (C=O) groups is 1. The van der Waals surface area contributed by atoms with E-state index in [4.69, 9.17) is 32.7 Å². The van der Waals surface area contributed by atoms with Crippen LogP contribution in [0.5, 0.6) is 5.88 Å². The predicted molar refractivity (Wildman–Crippen MR) is 136 cm³/mol. The smallest absolute Gasteiger partial charge is 0.268 e. The zero-order valence-electron chi connectivity index (χ0n) is 19.4. The minimum absolute atomic E-state index is 0.0555. The Balaban J connectivity index is 1.34. The third-order valence-corrected chi connectivity index (χ3v) is 6.93. The van der Waals surface area contributed by atoms with Gasteiger partial charge >= 0.3 is 0 Å². The van der Waals surface area contributed by atoms with Gasteiger partial charge in [0, 0.05) is 38.1 Å². The number of hydrogen-bond donors (Lipinski definition) is 1. The fourth-order valence-electron chi connectivity index (χ4n) is 4.43. The summed E-state index contributed by atoms with van der Waals surface area (Å²) in [6, 6.07) is 11.8. The fourth-order valence-corrected chi connectivity index (χ4v) is 5.04. The SMILES string of the molecule is COCCN1Cc2cc(Nc3ncc4c(n3)OCN(c3c(Cl)cccc3Cl)C4=O)ccc2CC1C. The molecule has 35 heavy (non-hydrogen) atoms. The number of halogens is 2.